The van der Waals surface area contributed by atoms with Crippen molar-refractivity contribution in [3.05, 3.63) is 48.6 Å². The van der Waals surface area contributed by atoms with Gasteiger partial charge in [-0.05, 0) is 38.8 Å². The van der Waals surface area contributed by atoms with Gasteiger partial charge in [-0.1, -0.05) is 24.3 Å². The Bertz CT molecular complexity index is 831. The number of hydrogen-bond donors (Lipinski definition) is 3. The van der Waals surface area contributed by atoms with Gasteiger partial charge in [0.25, 0.3) is 0 Å². The first kappa shape index (κ1) is 30.5. The van der Waals surface area contributed by atoms with E-state index < -0.39 is 23.6 Å². The number of carboxylic acid groups (broad SMARTS) is 2. The van der Waals surface area contributed by atoms with Crippen molar-refractivity contribution in [2.75, 3.05) is 40.4 Å². The Balaban J connectivity index is 0.000000661. The van der Waals surface area contributed by atoms with Crippen LogP contribution in [0.3, 0.4) is 0 Å². The molecule has 1 amide bonds. The molecule has 0 saturated heterocycles. The fourth-order valence-corrected chi connectivity index (χ4v) is 2.43. The molecule has 10 heteroatoms. The van der Waals surface area contributed by atoms with E-state index in [1.165, 1.54) is 6.08 Å². The topological polar surface area (TPSA) is 135 Å². The average Bonchev–Trinajstić information content (AvgIpc) is 2.74. The molecule has 0 aliphatic heterocycles. The van der Waals surface area contributed by atoms with Crippen molar-refractivity contribution < 1.29 is 38.8 Å². The van der Waals surface area contributed by atoms with Crippen LogP contribution in [0.25, 0.3) is 0 Å². The molecule has 0 fully saturated rings. The second-order valence-electron chi connectivity index (χ2n) is 7.92. The van der Waals surface area contributed by atoms with Gasteiger partial charge in [0.15, 0.2) is 0 Å². The van der Waals surface area contributed by atoms with Crippen LogP contribution in [0.1, 0.15) is 26.3 Å². The fraction of sp³-hybridized carbons (Fsp3) is 0.458. The minimum absolute atomic E-state index is 0.0316. The number of benzene rings is 1. The Morgan fingerprint density at radius 2 is 1.76 bits per heavy atom. The number of nitrogens with zero attached hydrogens (tertiary/aromatic N) is 1. The van der Waals surface area contributed by atoms with E-state index in [4.69, 9.17) is 24.4 Å². The molecule has 0 saturated carbocycles. The summed E-state index contributed by atoms with van der Waals surface area (Å²) in [6.45, 7) is 8.87. The lowest BCUT2D eigenvalue weighted by molar-refractivity contribution is -0.138. The predicted molar refractivity (Wildman–Crippen MR) is 129 cm³/mol. The number of carbonyl (C=O) groups excluding carboxylic acids is 1. The molecule has 1 aromatic rings. The van der Waals surface area contributed by atoms with Crippen LogP contribution in [0.4, 0.5) is 4.79 Å². The number of ether oxygens (including phenoxy) is 3. The van der Waals surface area contributed by atoms with Gasteiger partial charge >= 0.3 is 18.0 Å². The summed E-state index contributed by atoms with van der Waals surface area (Å²) in [7, 11) is 3.23. The van der Waals surface area contributed by atoms with Gasteiger partial charge in [-0.25, -0.2) is 4.79 Å². The molecule has 1 aromatic carbocycles. The molecular formula is C24H36N2O8. The van der Waals surface area contributed by atoms with Crippen LogP contribution in [0.5, 0.6) is 11.5 Å². The van der Waals surface area contributed by atoms with E-state index in [1.54, 1.807) is 35.0 Å². The van der Waals surface area contributed by atoms with Gasteiger partial charge < -0.3 is 29.7 Å². The molecule has 0 heterocycles. The van der Waals surface area contributed by atoms with Gasteiger partial charge in [0.2, 0.25) is 0 Å². The van der Waals surface area contributed by atoms with Gasteiger partial charge in [-0.15, -0.1) is 6.58 Å². The van der Waals surface area contributed by atoms with Crippen molar-refractivity contribution in [1.82, 2.24) is 10.2 Å². The Morgan fingerprint density at radius 3 is 2.26 bits per heavy atom. The van der Waals surface area contributed by atoms with Crippen LogP contribution in [0, 0.1) is 0 Å². The number of amides is 1. The minimum atomic E-state index is -1.08. The highest BCUT2D eigenvalue weighted by Gasteiger charge is 2.22. The molecule has 0 aromatic heterocycles. The Labute approximate surface area is 200 Å². The zero-order valence-corrected chi connectivity index (χ0v) is 20.5. The minimum Gasteiger partial charge on any atom is -0.497 e. The third kappa shape index (κ3) is 14.5. The third-order valence-corrected chi connectivity index (χ3v) is 3.86. The molecular weight excluding hydrogens is 444 g/mol. The first-order valence-corrected chi connectivity index (χ1v) is 10.5. The Hall–Kier alpha value is -3.53. The second kappa shape index (κ2) is 16.1. The van der Waals surface area contributed by atoms with Crippen LogP contribution < -0.4 is 14.8 Å². The highest BCUT2D eigenvalue weighted by molar-refractivity contribution is 5.77. The number of carbonyl (C=O) groups is 3. The van der Waals surface area contributed by atoms with Gasteiger partial charge in [0.1, 0.15) is 23.6 Å². The molecule has 0 atom stereocenters. The molecule has 10 nitrogen and oxygen atoms in total. The second-order valence-corrected chi connectivity index (χ2v) is 7.92. The van der Waals surface area contributed by atoms with E-state index in [1.807, 2.05) is 30.4 Å². The largest absolute Gasteiger partial charge is 0.497 e. The van der Waals surface area contributed by atoms with Crippen molar-refractivity contribution in [1.29, 1.82) is 0 Å². The third-order valence-electron chi connectivity index (χ3n) is 3.86. The average molecular weight is 481 g/mol. The van der Waals surface area contributed by atoms with Crippen LogP contribution in [-0.4, -0.2) is 79.1 Å². The SMILES string of the molecule is C=CCN(CC(=O)O)C(=O)OC(C)(C)C.COc1ccc(CC=CCNCC(=O)O)c(OC)c1. The zero-order chi connectivity index (χ0) is 26.1. The summed E-state index contributed by atoms with van der Waals surface area (Å²) in [6.07, 6.45) is 5.39. The summed E-state index contributed by atoms with van der Waals surface area (Å²) in [5.74, 6) is -0.400. The highest BCUT2D eigenvalue weighted by atomic mass is 16.6. The van der Waals surface area contributed by atoms with Gasteiger partial charge in [0, 0.05) is 19.2 Å². The van der Waals surface area contributed by atoms with E-state index >= 15 is 0 Å². The van der Waals surface area contributed by atoms with Crippen molar-refractivity contribution in [3.8, 4) is 11.5 Å². The lowest BCUT2D eigenvalue weighted by atomic mass is 10.1. The smallest absolute Gasteiger partial charge is 0.411 e. The molecule has 0 bridgehead atoms. The number of rotatable bonds is 12. The summed E-state index contributed by atoms with van der Waals surface area (Å²) in [4.78, 5) is 33.3. The number of aliphatic carboxylic acids is 2. The van der Waals surface area contributed by atoms with E-state index in [-0.39, 0.29) is 19.6 Å². The Kier molecular flexibility index (Phi) is 14.5. The van der Waals surface area contributed by atoms with Gasteiger partial charge in [0.05, 0.1) is 20.8 Å². The van der Waals surface area contributed by atoms with Crippen molar-refractivity contribution in [2.24, 2.45) is 0 Å². The molecule has 34 heavy (non-hydrogen) atoms. The van der Waals surface area contributed by atoms with E-state index in [9.17, 15) is 14.4 Å². The standard InChI is InChI=1S/C14H19NO4.C10H17NO4/c1-18-12-7-6-11(13(9-12)19-2)5-3-4-8-15-10-14(16)17;1-5-6-11(7-8(12)13)9(14)15-10(2,3)4/h3-4,6-7,9,15H,5,8,10H2,1-2H3,(H,16,17);5H,1,6-7H2,2-4H3,(H,12,13). The number of nitrogens with one attached hydrogen (secondary N) is 1. The molecule has 1 rings (SSSR count). The van der Waals surface area contributed by atoms with Gasteiger partial charge in [-0.2, -0.15) is 0 Å². The fourth-order valence-electron chi connectivity index (χ4n) is 2.43. The molecule has 0 unspecified atom stereocenters. The predicted octanol–water partition coefficient (Wildman–Crippen LogP) is 2.97. The molecule has 0 aliphatic carbocycles. The van der Waals surface area contributed by atoms with Crippen LogP contribution >= 0.6 is 0 Å². The summed E-state index contributed by atoms with van der Waals surface area (Å²) >= 11 is 0. The maximum atomic E-state index is 11.5. The monoisotopic (exact) mass is 480 g/mol. The zero-order valence-electron chi connectivity index (χ0n) is 20.5. The van der Waals surface area contributed by atoms with Crippen molar-refractivity contribution >= 4 is 18.0 Å². The maximum Gasteiger partial charge on any atom is 0.411 e. The summed E-state index contributed by atoms with van der Waals surface area (Å²) in [5, 5.41) is 19.8. The number of carboxylic acids is 2. The molecule has 0 aliphatic rings. The number of hydrogen-bond acceptors (Lipinski definition) is 7. The van der Waals surface area contributed by atoms with Crippen LogP contribution in [-0.2, 0) is 20.7 Å². The lowest BCUT2D eigenvalue weighted by Gasteiger charge is -2.25. The van der Waals surface area contributed by atoms with Crippen molar-refractivity contribution in [3.63, 3.8) is 0 Å². The lowest BCUT2D eigenvalue weighted by Crippen LogP contribution is -2.39. The highest BCUT2D eigenvalue weighted by Crippen LogP contribution is 2.25. The van der Waals surface area contributed by atoms with Crippen LogP contribution in [0.15, 0.2) is 43.0 Å². The van der Waals surface area contributed by atoms with E-state index in [0.29, 0.717) is 6.54 Å². The molecule has 0 radical (unpaired) electrons. The van der Waals surface area contributed by atoms with Crippen LogP contribution in [0.2, 0.25) is 0 Å². The first-order chi connectivity index (χ1) is 15.9. The Morgan fingerprint density at radius 1 is 1.09 bits per heavy atom. The first-order valence-electron chi connectivity index (χ1n) is 10.5. The number of methoxy groups -OCH3 is 2. The number of allylic oxidation sites excluding steroid dienone is 1. The maximum absolute atomic E-state index is 11.5. The molecule has 190 valence electrons. The molecule has 3 N–H and O–H groups in total. The van der Waals surface area contributed by atoms with Gasteiger partial charge in [-0.3, -0.25) is 14.5 Å². The van der Waals surface area contributed by atoms with Crippen molar-refractivity contribution in [2.45, 2.75) is 32.8 Å². The molecule has 0 spiro atoms. The quantitative estimate of drug-likeness (QED) is 0.305. The normalized spacial score (nSPS) is 10.6. The van der Waals surface area contributed by atoms with E-state index in [2.05, 4.69) is 11.9 Å². The van der Waals surface area contributed by atoms with E-state index in [0.717, 1.165) is 28.4 Å². The summed E-state index contributed by atoms with van der Waals surface area (Å²) in [5.41, 5.74) is 0.424. The summed E-state index contributed by atoms with van der Waals surface area (Å²) in [6, 6.07) is 5.67. The summed E-state index contributed by atoms with van der Waals surface area (Å²) < 4.78 is 15.4.